The van der Waals surface area contributed by atoms with Gasteiger partial charge in [-0.05, 0) is 18.6 Å². The fourth-order valence-electron chi connectivity index (χ4n) is 2.67. The molecule has 0 atom stereocenters. The minimum absolute atomic E-state index is 0.0529. The zero-order valence-electron chi connectivity index (χ0n) is 15.9. The Kier molecular flexibility index (Phi) is 6.27. The van der Waals surface area contributed by atoms with Crippen molar-refractivity contribution in [3.63, 3.8) is 0 Å². The first-order valence-electron chi connectivity index (χ1n) is 8.47. The highest BCUT2D eigenvalue weighted by Gasteiger charge is 2.23. The number of nitrogens with zero attached hydrogens (tertiary/aromatic N) is 2. The molecule has 0 aliphatic heterocycles. The van der Waals surface area contributed by atoms with Gasteiger partial charge < -0.3 is 20.1 Å². The van der Waals surface area contributed by atoms with E-state index in [1.165, 1.54) is 38.0 Å². The topological polar surface area (TPSA) is 120 Å². The maximum atomic E-state index is 12.9. The number of unbranched alkanes of at least 4 members (excludes halogenated alkanes) is 1. The molecule has 0 aliphatic carbocycles. The molecule has 2 rings (SSSR count). The number of hydrogen-bond acceptors (Lipinski definition) is 6. The van der Waals surface area contributed by atoms with Crippen molar-refractivity contribution >= 4 is 17.4 Å². The summed E-state index contributed by atoms with van der Waals surface area (Å²) in [7, 11) is 4.36. The van der Waals surface area contributed by atoms with Crippen molar-refractivity contribution in [2.75, 3.05) is 31.9 Å². The molecule has 1 heterocycles. The Hall–Kier alpha value is -3.23. The molecule has 0 bridgehead atoms. The molecule has 0 saturated carbocycles. The minimum Gasteiger partial charge on any atom is -0.497 e. The van der Waals surface area contributed by atoms with E-state index in [4.69, 9.17) is 15.2 Å². The number of anilines is 2. The van der Waals surface area contributed by atoms with Gasteiger partial charge in [0.2, 0.25) is 0 Å². The normalized spacial score (nSPS) is 10.5. The number of nitrogens with one attached hydrogen (secondary N) is 1. The summed E-state index contributed by atoms with van der Waals surface area (Å²) in [4.78, 5) is 40.6. The molecule has 9 heteroatoms. The van der Waals surface area contributed by atoms with Crippen molar-refractivity contribution < 1.29 is 14.3 Å². The number of aromatic nitrogens is 2. The molecular weight excluding hydrogens is 352 g/mol. The second kappa shape index (κ2) is 8.43. The van der Waals surface area contributed by atoms with Gasteiger partial charge in [-0.15, -0.1) is 0 Å². The third-order valence-corrected chi connectivity index (χ3v) is 4.19. The maximum absolute atomic E-state index is 12.9. The van der Waals surface area contributed by atoms with Gasteiger partial charge in [-0.2, -0.15) is 0 Å². The van der Waals surface area contributed by atoms with Crippen LogP contribution in [0.5, 0.6) is 11.5 Å². The molecule has 1 aromatic carbocycles. The average molecular weight is 376 g/mol. The van der Waals surface area contributed by atoms with Crippen LogP contribution in [0.15, 0.2) is 27.8 Å². The van der Waals surface area contributed by atoms with Gasteiger partial charge in [0.1, 0.15) is 17.3 Å². The standard InChI is InChI=1S/C18H24N4O5/c1-5-6-7-22-15(19)14(16(23)20-18(22)25)21(2)17(24)11-8-12(26-3)10-13(9-11)27-4/h8-10H,5-7,19H2,1-4H3,(H,20,23,25). The highest BCUT2D eigenvalue weighted by atomic mass is 16.5. The Morgan fingerprint density at radius 3 is 2.30 bits per heavy atom. The number of nitrogen functional groups attached to an aromatic ring is 1. The van der Waals surface area contributed by atoms with Crippen molar-refractivity contribution in [3.05, 3.63) is 44.6 Å². The summed E-state index contributed by atoms with van der Waals surface area (Å²) in [6, 6.07) is 4.68. The van der Waals surface area contributed by atoms with Gasteiger partial charge >= 0.3 is 5.69 Å². The van der Waals surface area contributed by atoms with Crippen LogP contribution in [-0.2, 0) is 6.54 Å². The number of carbonyl (C=O) groups is 1. The third kappa shape index (κ3) is 4.13. The molecule has 146 valence electrons. The van der Waals surface area contributed by atoms with Gasteiger partial charge in [0.25, 0.3) is 11.5 Å². The van der Waals surface area contributed by atoms with Gasteiger partial charge in [0, 0.05) is 25.2 Å². The van der Waals surface area contributed by atoms with Gasteiger partial charge in [0.05, 0.1) is 14.2 Å². The van der Waals surface area contributed by atoms with Crippen LogP contribution in [0, 0.1) is 0 Å². The fraction of sp³-hybridized carbons (Fsp3) is 0.389. The lowest BCUT2D eigenvalue weighted by molar-refractivity contribution is 0.0992. The Labute approximate surface area is 156 Å². The lowest BCUT2D eigenvalue weighted by Crippen LogP contribution is -2.39. The van der Waals surface area contributed by atoms with E-state index in [1.807, 2.05) is 6.92 Å². The zero-order chi connectivity index (χ0) is 20.1. The molecule has 2 aromatic rings. The Balaban J connectivity index is 2.51. The van der Waals surface area contributed by atoms with E-state index in [-0.39, 0.29) is 17.1 Å². The molecule has 9 nitrogen and oxygen atoms in total. The van der Waals surface area contributed by atoms with E-state index in [0.717, 1.165) is 11.3 Å². The predicted molar refractivity (Wildman–Crippen MR) is 103 cm³/mol. The number of hydrogen-bond donors (Lipinski definition) is 2. The quantitative estimate of drug-likeness (QED) is 0.750. The highest BCUT2D eigenvalue weighted by Crippen LogP contribution is 2.25. The van der Waals surface area contributed by atoms with E-state index >= 15 is 0 Å². The van der Waals surface area contributed by atoms with Crippen LogP contribution in [0.1, 0.15) is 30.1 Å². The molecule has 1 amide bonds. The second-order valence-electron chi connectivity index (χ2n) is 5.96. The number of H-pyrrole nitrogens is 1. The molecule has 0 aliphatic rings. The number of ether oxygens (including phenoxy) is 2. The van der Waals surface area contributed by atoms with Crippen molar-refractivity contribution in [3.8, 4) is 11.5 Å². The minimum atomic E-state index is -0.726. The van der Waals surface area contributed by atoms with E-state index in [9.17, 15) is 14.4 Å². The molecule has 1 aromatic heterocycles. The van der Waals surface area contributed by atoms with E-state index < -0.39 is 17.2 Å². The smallest absolute Gasteiger partial charge is 0.330 e. The molecule has 3 N–H and O–H groups in total. The van der Waals surface area contributed by atoms with Crippen LogP contribution < -0.4 is 31.4 Å². The molecule has 0 saturated heterocycles. The molecule has 0 spiro atoms. The van der Waals surface area contributed by atoms with Gasteiger partial charge in [-0.1, -0.05) is 13.3 Å². The molecule has 0 fully saturated rings. The SMILES string of the molecule is CCCCn1c(N)c(N(C)C(=O)c2cc(OC)cc(OC)c2)c(=O)[nH]c1=O. The summed E-state index contributed by atoms with van der Waals surface area (Å²) >= 11 is 0. The molecule has 27 heavy (non-hydrogen) atoms. The summed E-state index contributed by atoms with van der Waals surface area (Å²) in [6.45, 7) is 2.32. The van der Waals surface area contributed by atoms with E-state index in [0.29, 0.717) is 24.5 Å². The van der Waals surface area contributed by atoms with Gasteiger partial charge in [0.15, 0.2) is 5.69 Å². The summed E-state index contributed by atoms with van der Waals surface area (Å²) < 4.78 is 11.6. The zero-order valence-corrected chi connectivity index (χ0v) is 15.9. The second-order valence-corrected chi connectivity index (χ2v) is 5.96. The van der Waals surface area contributed by atoms with Crippen molar-refractivity contribution in [2.24, 2.45) is 0 Å². The van der Waals surface area contributed by atoms with Gasteiger partial charge in [-0.3, -0.25) is 19.1 Å². The van der Waals surface area contributed by atoms with Crippen LogP contribution in [0.2, 0.25) is 0 Å². The lowest BCUT2D eigenvalue weighted by Gasteiger charge is -2.21. The van der Waals surface area contributed by atoms with Crippen molar-refractivity contribution in [2.45, 2.75) is 26.3 Å². The predicted octanol–water partition coefficient (Wildman–Crippen LogP) is 1.21. The van der Waals surface area contributed by atoms with Crippen LogP contribution in [0.4, 0.5) is 11.5 Å². The Bertz CT molecular complexity index is 925. The molecule has 0 unspecified atom stereocenters. The number of rotatable bonds is 7. The first-order chi connectivity index (χ1) is 12.8. The first kappa shape index (κ1) is 20.1. The summed E-state index contributed by atoms with van der Waals surface area (Å²) in [5, 5.41) is 0. The monoisotopic (exact) mass is 376 g/mol. The maximum Gasteiger partial charge on any atom is 0.330 e. The van der Waals surface area contributed by atoms with E-state index in [1.54, 1.807) is 6.07 Å². The Morgan fingerprint density at radius 2 is 1.78 bits per heavy atom. The van der Waals surface area contributed by atoms with Crippen molar-refractivity contribution in [1.82, 2.24) is 9.55 Å². The first-order valence-corrected chi connectivity index (χ1v) is 8.47. The average Bonchev–Trinajstić information content (AvgIpc) is 2.66. The summed E-state index contributed by atoms with van der Waals surface area (Å²) in [5.74, 6) is 0.315. The third-order valence-electron chi connectivity index (χ3n) is 4.19. The van der Waals surface area contributed by atoms with Crippen molar-refractivity contribution in [1.29, 1.82) is 0 Å². The number of carbonyl (C=O) groups excluding carboxylic acids is 1. The van der Waals surface area contributed by atoms with Crippen LogP contribution in [0.25, 0.3) is 0 Å². The Morgan fingerprint density at radius 1 is 1.19 bits per heavy atom. The van der Waals surface area contributed by atoms with Crippen LogP contribution in [-0.4, -0.2) is 36.7 Å². The number of amides is 1. The van der Waals surface area contributed by atoms with E-state index in [2.05, 4.69) is 4.98 Å². The number of nitrogens with two attached hydrogens (primary N) is 1. The number of benzene rings is 1. The van der Waals surface area contributed by atoms with Crippen LogP contribution >= 0.6 is 0 Å². The number of aromatic amines is 1. The summed E-state index contributed by atoms with van der Waals surface area (Å²) in [5.41, 5.74) is 4.89. The lowest BCUT2D eigenvalue weighted by atomic mass is 10.1. The number of methoxy groups -OCH3 is 2. The summed E-state index contributed by atoms with van der Waals surface area (Å²) in [6.07, 6.45) is 1.55. The van der Waals surface area contributed by atoms with Gasteiger partial charge in [-0.25, -0.2) is 4.79 Å². The van der Waals surface area contributed by atoms with Crippen LogP contribution in [0.3, 0.4) is 0 Å². The molecule has 0 radical (unpaired) electrons. The molecular formula is C18H24N4O5. The largest absolute Gasteiger partial charge is 0.497 e. The highest BCUT2D eigenvalue weighted by molar-refractivity contribution is 6.07. The fourth-order valence-corrected chi connectivity index (χ4v) is 2.67.